The predicted molar refractivity (Wildman–Crippen MR) is 56.2 cm³/mol. The summed E-state index contributed by atoms with van der Waals surface area (Å²) in [6, 6.07) is 4.04. The molecule has 2 nitrogen and oxygen atoms in total. The number of aryl methyl sites for hydroxylation is 1. The number of benzene rings is 1. The van der Waals surface area contributed by atoms with Gasteiger partial charge in [0.15, 0.2) is 0 Å². The number of carbonyl (C=O) groups excluding carboxylic acids is 1. The molecule has 80 valence electrons. The van der Waals surface area contributed by atoms with Crippen LogP contribution >= 0.6 is 0 Å². The van der Waals surface area contributed by atoms with Crippen molar-refractivity contribution in [3.8, 4) is 0 Å². The van der Waals surface area contributed by atoms with Crippen LogP contribution in [0.4, 0.5) is 4.39 Å². The van der Waals surface area contributed by atoms with Crippen LogP contribution in [0.5, 0.6) is 0 Å². The summed E-state index contributed by atoms with van der Waals surface area (Å²) in [5.74, 6) is -0.960. The highest BCUT2D eigenvalue weighted by atomic mass is 19.1. The van der Waals surface area contributed by atoms with Crippen molar-refractivity contribution in [2.45, 2.75) is 13.8 Å². The maximum absolute atomic E-state index is 12.9. The lowest BCUT2D eigenvalue weighted by atomic mass is 10.1. The molecule has 1 rings (SSSR count). The molecule has 0 unspecified atom stereocenters. The highest BCUT2D eigenvalue weighted by Gasteiger charge is 2.11. The molecule has 0 saturated heterocycles. The van der Waals surface area contributed by atoms with Gasteiger partial charge >= 0.3 is 5.97 Å². The third-order valence-corrected chi connectivity index (χ3v) is 1.87. The van der Waals surface area contributed by atoms with Crippen LogP contribution in [0.1, 0.15) is 22.8 Å². The minimum Gasteiger partial charge on any atom is -0.458 e. The van der Waals surface area contributed by atoms with E-state index in [1.54, 1.807) is 19.9 Å². The first-order valence-electron chi connectivity index (χ1n) is 4.58. The van der Waals surface area contributed by atoms with Gasteiger partial charge in [0, 0.05) is 0 Å². The van der Waals surface area contributed by atoms with E-state index >= 15 is 0 Å². The number of ether oxygens (including phenoxy) is 1. The highest BCUT2D eigenvalue weighted by Crippen LogP contribution is 2.11. The molecule has 0 N–H and O–H groups in total. The van der Waals surface area contributed by atoms with Crippen LogP contribution in [0.25, 0.3) is 0 Å². The molecule has 0 saturated carbocycles. The minimum atomic E-state index is -0.519. The van der Waals surface area contributed by atoms with Crippen LogP contribution < -0.4 is 0 Å². The molecule has 0 heterocycles. The fraction of sp³-hybridized carbons (Fsp3) is 0.250. The molecule has 0 spiro atoms. The standard InChI is InChI=1S/C12H13FO2/c1-8(2)7-15-12(14)11-6-10(13)5-4-9(11)3/h4-6H,1,7H2,2-3H3. The molecule has 0 amide bonds. The second-order valence-electron chi connectivity index (χ2n) is 3.49. The Morgan fingerprint density at radius 1 is 1.53 bits per heavy atom. The largest absolute Gasteiger partial charge is 0.458 e. The normalized spacial score (nSPS) is 9.80. The first-order valence-corrected chi connectivity index (χ1v) is 4.58. The van der Waals surface area contributed by atoms with Crippen LogP contribution in [0.2, 0.25) is 0 Å². The Morgan fingerprint density at radius 2 is 2.20 bits per heavy atom. The van der Waals surface area contributed by atoms with Gasteiger partial charge in [0.25, 0.3) is 0 Å². The van der Waals surface area contributed by atoms with E-state index in [0.717, 1.165) is 5.57 Å². The summed E-state index contributed by atoms with van der Waals surface area (Å²) in [6.07, 6.45) is 0. The second-order valence-corrected chi connectivity index (χ2v) is 3.49. The SMILES string of the molecule is C=C(C)COC(=O)c1cc(F)ccc1C. The van der Waals surface area contributed by atoms with Crippen molar-refractivity contribution in [1.29, 1.82) is 0 Å². The van der Waals surface area contributed by atoms with E-state index < -0.39 is 11.8 Å². The van der Waals surface area contributed by atoms with Gasteiger partial charge in [0.2, 0.25) is 0 Å². The molecular formula is C12H13FO2. The third-order valence-electron chi connectivity index (χ3n) is 1.87. The van der Waals surface area contributed by atoms with E-state index in [-0.39, 0.29) is 12.2 Å². The van der Waals surface area contributed by atoms with Crippen LogP contribution in [-0.4, -0.2) is 12.6 Å². The maximum atomic E-state index is 12.9. The van der Waals surface area contributed by atoms with Crippen molar-refractivity contribution >= 4 is 5.97 Å². The Morgan fingerprint density at radius 3 is 2.80 bits per heavy atom. The van der Waals surface area contributed by atoms with Crippen molar-refractivity contribution in [3.05, 3.63) is 47.3 Å². The Kier molecular flexibility index (Phi) is 3.61. The molecule has 3 heteroatoms. The van der Waals surface area contributed by atoms with E-state index in [1.807, 2.05) is 0 Å². The van der Waals surface area contributed by atoms with Gasteiger partial charge in [-0.15, -0.1) is 0 Å². The molecule has 0 bridgehead atoms. The highest BCUT2D eigenvalue weighted by molar-refractivity contribution is 5.91. The van der Waals surface area contributed by atoms with E-state index in [9.17, 15) is 9.18 Å². The van der Waals surface area contributed by atoms with Gasteiger partial charge in [-0.25, -0.2) is 9.18 Å². The van der Waals surface area contributed by atoms with Gasteiger partial charge < -0.3 is 4.74 Å². The van der Waals surface area contributed by atoms with Gasteiger partial charge in [0.1, 0.15) is 12.4 Å². The quantitative estimate of drug-likeness (QED) is 0.564. The summed E-state index contributed by atoms with van der Waals surface area (Å²) in [4.78, 5) is 11.5. The summed E-state index contributed by atoms with van der Waals surface area (Å²) >= 11 is 0. The summed E-state index contributed by atoms with van der Waals surface area (Å²) in [5, 5.41) is 0. The monoisotopic (exact) mass is 208 g/mol. The van der Waals surface area contributed by atoms with Gasteiger partial charge in [-0.2, -0.15) is 0 Å². The lowest BCUT2D eigenvalue weighted by Gasteiger charge is -2.06. The van der Waals surface area contributed by atoms with Crippen LogP contribution in [0, 0.1) is 12.7 Å². The molecule has 0 radical (unpaired) electrons. The average molecular weight is 208 g/mol. The zero-order valence-electron chi connectivity index (χ0n) is 8.84. The maximum Gasteiger partial charge on any atom is 0.338 e. The van der Waals surface area contributed by atoms with Crippen molar-refractivity contribution in [1.82, 2.24) is 0 Å². The van der Waals surface area contributed by atoms with E-state index in [4.69, 9.17) is 4.74 Å². The van der Waals surface area contributed by atoms with Gasteiger partial charge in [-0.1, -0.05) is 12.6 Å². The summed E-state index contributed by atoms with van der Waals surface area (Å²) in [7, 11) is 0. The lowest BCUT2D eigenvalue weighted by molar-refractivity contribution is 0.0539. The fourth-order valence-corrected chi connectivity index (χ4v) is 1.08. The molecule has 1 aromatic rings. The number of hydrogen-bond donors (Lipinski definition) is 0. The zero-order valence-corrected chi connectivity index (χ0v) is 8.84. The van der Waals surface area contributed by atoms with Crippen LogP contribution in [0.3, 0.4) is 0 Å². The fourth-order valence-electron chi connectivity index (χ4n) is 1.08. The van der Waals surface area contributed by atoms with Gasteiger partial charge in [-0.3, -0.25) is 0 Å². The van der Waals surface area contributed by atoms with E-state index in [1.165, 1.54) is 12.1 Å². The lowest BCUT2D eigenvalue weighted by Crippen LogP contribution is -2.08. The third kappa shape index (κ3) is 3.20. The summed E-state index contributed by atoms with van der Waals surface area (Å²) < 4.78 is 17.8. The van der Waals surface area contributed by atoms with Crippen molar-refractivity contribution in [3.63, 3.8) is 0 Å². The number of esters is 1. The smallest absolute Gasteiger partial charge is 0.338 e. The zero-order chi connectivity index (χ0) is 11.4. The summed E-state index contributed by atoms with van der Waals surface area (Å²) in [5.41, 5.74) is 1.71. The molecule has 15 heavy (non-hydrogen) atoms. The molecule has 0 aliphatic carbocycles. The van der Waals surface area contributed by atoms with Gasteiger partial charge in [-0.05, 0) is 37.1 Å². The average Bonchev–Trinajstić information content (AvgIpc) is 2.18. The van der Waals surface area contributed by atoms with E-state index in [2.05, 4.69) is 6.58 Å². The molecule has 0 atom stereocenters. The number of carbonyl (C=O) groups is 1. The molecule has 0 aromatic heterocycles. The first kappa shape index (κ1) is 11.4. The first-order chi connectivity index (χ1) is 7.00. The molecule has 0 fully saturated rings. The Hall–Kier alpha value is -1.64. The molecule has 1 aromatic carbocycles. The number of rotatable bonds is 3. The van der Waals surface area contributed by atoms with Gasteiger partial charge in [0.05, 0.1) is 5.56 Å². The van der Waals surface area contributed by atoms with Crippen LogP contribution in [0.15, 0.2) is 30.4 Å². The Bertz CT molecular complexity index is 397. The molecule has 0 aliphatic rings. The van der Waals surface area contributed by atoms with Crippen LogP contribution in [-0.2, 0) is 4.74 Å². The van der Waals surface area contributed by atoms with Crippen molar-refractivity contribution < 1.29 is 13.9 Å². The van der Waals surface area contributed by atoms with Crippen molar-refractivity contribution in [2.24, 2.45) is 0 Å². The van der Waals surface area contributed by atoms with Crippen molar-refractivity contribution in [2.75, 3.05) is 6.61 Å². The predicted octanol–water partition coefficient (Wildman–Crippen LogP) is 2.87. The molecule has 0 aliphatic heterocycles. The molecular weight excluding hydrogens is 195 g/mol. The minimum absolute atomic E-state index is 0.161. The topological polar surface area (TPSA) is 26.3 Å². The summed E-state index contributed by atoms with van der Waals surface area (Å²) in [6.45, 7) is 7.26. The Labute approximate surface area is 88.4 Å². The number of hydrogen-bond acceptors (Lipinski definition) is 2. The Balaban J connectivity index is 2.81. The van der Waals surface area contributed by atoms with E-state index in [0.29, 0.717) is 5.56 Å². The number of halogens is 1. The second kappa shape index (κ2) is 4.73.